The fourth-order valence-corrected chi connectivity index (χ4v) is 3.35. The molecular formula is C15H13Br2ClFNO. The molecule has 0 aliphatic carbocycles. The summed E-state index contributed by atoms with van der Waals surface area (Å²) in [6.45, 7) is 1.98. The van der Waals surface area contributed by atoms with Crippen LogP contribution in [0.15, 0.2) is 39.3 Å². The average Bonchev–Trinajstić information content (AvgIpc) is 2.44. The van der Waals surface area contributed by atoms with Crippen LogP contribution < -0.4 is 10.1 Å². The molecule has 0 aliphatic heterocycles. The zero-order valence-electron chi connectivity index (χ0n) is 11.4. The van der Waals surface area contributed by atoms with Gasteiger partial charge in [-0.05, 0) is 62.5 Å². The molecule has 0 amide bonds. The summed E-state index contributed by atoms with van der Waals surface area (Å²) in [7, 11) is 1.61. The molecule has 2 aromatic rings. The van der Waals surface area contributed by atoms with Gasteiger partial charge < -0.3 is 10.1 Å². The molecule has 1 N–H and O–H groups in total. The van der Waals surface area contributed by atoms with E-state index in [1.165, 1.54) is 6.07 Å². The fraction of sp³-hybridized carbons (Fsp3) is 0.200. The van der Waals surface area contributed by atoms with Crippen molar-refractivity contribution in [2.24, 2.45) is 0 Å². The van der Waals surface area contributed by atoms with Crippen molar-refractivity contribution in [2.45, 2.75) is 13.0 Å². The number of nitrogens with one attached hydrogen (secondary N) is 1. The number of benzene rings is 2. The van der Waals surface area contributed by atoms with Crippen molar-refractivity contribution in [3.8, 4) is 5.75 Å². The lowest BCUT2D eigenvalue weighted by atomic mass is 10.1. The first-order valence-corrected chi connectivity index (χ1v) is 8.13. The Morgan fingerprint density at radius 2 is 1.90 bits per heavy atom. The average molecular weight is 438 g/mol. The van der Waals surface area contributed by atoms with Gasteiger partial charge in [-0.3, -0.25) is 0 Å². The number of ether oxygens (including phenoxy) is 1. The second-order valence-corrected chi connectivity index (χ2v) is 6.62. The van der Waals surface area contributed by atoms with E-state index in [2.05, 4.69) is 37.2 Å². The van der Waals surface area contributed by atoms with Crippen molar-refractivity contribution in [3.63, 3.8) is 0 Å². The first-order chi connectivity index (χ1) is 9.92. The molecule has 21 heavy (non-hydrogen) atoms. The molecule has 1 unspecified atom stereocenters. The van der Waals surface area contributed by atoms with Crippen LogP contribution in [0.1, 0.15) is 18.5 Å². The highest BCUT2D eigenvalue weighted by Gasteiger charge is 2.12. The molecule has 0 aromatic heterocycles. The summed E-state index contributed by atoms with van der Waals surface area (Å²) in [6, 6.07) is 8.46. The van der Waals surface area contributed by atoms with Gasteiger partial charge in [-0.25, -0.2) is 4.39 Å². The summed E-state index contributed by atoms with van der Waals surface area (Å²) >= 11 is 12.8. The summed E-state index contributed by atoms with van der Waals surface area (Å²) in [6.07, 6.45) is 0. The summed E-state index contributed by atoms with van der Waals surface area (Å²) < 4.78 is 20.3. The van der Waals surface area contributed by atoms with Gasteiger partial charge in [-0.1, -0.05) is 17.7 Å². The Balaban J connectivity index is 2.26. The second-order valence-electron chi connectivity index (χ2n) is 4.51. The molecule has 0 heterocycles. The topological polar surface area (TPSA) is 21.3 Å². The van der Waals surface area contributed by atoms with Crippen molar-refractivity contribution in [3.05, 3.63) is 55.7 Å². The maximum atomic E-state index is 13.2. The smallest absolute Gasteiger partial charge is 0.141 e. The second kappa shape index (κ2) is 6.99. The van der Waals surface area contributed by atoms with Gasteiger partial charge in [0.05, 0.1) is 22.3 Å². The van der Waals surface area contributed by atoms with E-state index >= 15 is 0 Å². The van der Waals surface area contributed by atoms with E-state index in [4.69, 9.17) is 16.3 Å². The highest BCUT2D eigenvalue weighted by molar-refractivity contribution is 9.11. The zero-order valence-corrected chi connectivity index (χ0v) is 15.3. The SMILES string of the molecule is COc1cc(NC(C)c2ccc(F)c(Cl)c2)c(Br)cc1Br. The minimum Gasteiger partial charge on any atom is -0.495 e. The van der Waals surface area contributed by atoms with E-state index in [1.54, 1.807) is 19.2 Å². The Kier molecular flexibility index (Phi) is 5.52. The van der Waals surface area contributed by atoms with Gasteiger partial charge in [-0.15, -0.1) is 0 Å². The maximum Gasteiger partial charge on any atom is 0.141 e. The third-order valence-electron chi connectivity index (χ3n) is 3.06. The molecule has 2 nitrogen and oxygen atoms in total. The van der Waals surface area contributed by atoms with Gasteiger partial charge in [0.2, 0.25) is 0 Å². The Morgan fingerprint density at radius 3 is 2.52 bits per heavy atom. The lowest BCUT2D eigenvalue weighted by molar-refractivity contribution is 0.412. The summed E-state index contributed by atoms with van der Waals surface area (Å²) in [5, 5.41) is 3.47. The third kappa shape index (κ3) is 3.90. The van der Waals surface area contributed by atoms with E-state index in [9.17, 15) is 4.39 Å². The summed E-state index contributed by atoms with van der Waals surface area (Å²) in [5.41, 5.74) is 1.78. The number of hydrogen-bond donors (Lipinski definition) is 1. The number of anilines is 1. The van der Waals surface area contributed by atoms with E-state index in [1.807, 2.05) is 19.1 Å². The van der Waals surface area contributed by atoms with E-state index in [0.29, 0.717) is 0 Å². The standard InChI is InChI=1S/C15H13Br2ClFNO/c1-8(9-3-4-13(19)12(18)5-9)20-14-7-15(21-2)11(17)6-10(14)16/h3-8,20H,1-2H3. The predicted octanol–water partition coefficient (Wildman–Crippen LogP) is 6.19. The largest absolute Gasteiger partial charge is 0.495 e. The van der Waals surface area contributed by atoms with Gasteiger partial charge in [0.15, 0.2) is 0 Å². The first-order valence-electron chi connectivity index (χ1n) is 6.17. The number of rotatable bonds is 4. The summed E-state index contributed by atoms with van der Waals surface area (Å²) in [4.78, 5) is 0. The van der Waals surface area contributed by atoms with Crippen LogP contribution in [0.25, 0.3) is 0 Å². The first kappa shape index (κ1) is 16.6. The van der Waals surface area contributed by atoms with Crippen LogP contribution >= 0.6 is 43.5 Å². The predicted molar refractivity (Wildman–Crippen MR) is 91.8 cm³/mol. The van der Waals surface area contributed by atoms with Crippen LogP contribution in [0.5, 0.6) is 5.75 Å². The molecule has 0 bridgehead atoms. The van der Waals surface area contributed by atoms with E-state index in [0.717, 1.165) is 25.9 Å². The zero-order chi connectivity index (χ0) is 15.6. The Morgan fingerprint density at radius 1 is 1.19 bits per heavy atom. The molecule has 6 heteroatoms. The highest BCUT2D eigenvalue weighted by atomic mass is 79.9. The van der Waals surface area contributed by atoms with Crippen LogP contribution in [0.3, 0.4) is 0 Å². The van der Waals surface area contributed by atoms with Gasteiger partial charge in [-0.2, -0.15) is 0 Å². The van der Waals surface area contributed by atoms with Crippen molar-refractivity contribution in [2.75, 3.05) is 12.4 Å². The van der Waals surface area contributed by atoms with Crippen LogP contribution in [0, 0.1) is 5.82 Å². The van der Waals surface area contributed by atoms with Crippen LogP contribution in [-0.2, 0) is 0 Å². The van der Waals surface area contributed by atoms with Gasteiger partial charge in [0.1, 0.15) is 11.6 Å². The molecule has 0 saturated heterocycles. The quantitative estimate of drug-likeness (QED) is 0.616. The Labute approximate surface area is 144 Å². The molecule has 112 valence electrons. The van der Waals surface area contributed by atoms with Crippen molar-refractivity contribution >= 4 is 49.1 Å². The monoisotopic (exact) mass is 435 g/mol. The third-order valence-corrected chi connectivity index (χ3v) is 4.62. The number of methoxy groups -OCH3 is 1. The molecule has 0 aliphatic rings. The van der Waals surface area contributed by atoms with Crippen LogP contribution in [0.2, 0.25) is 5.02 Å². The van der Waals surface area contributed by atoms with Crippen molar-refractivity contribution < 1.29 is 9.13 Å². The van der Waals surface area contributed by atoms with Gasteiger partial charge >= 0.3 is 0 Å². The molecule has 1 atom stereocenters. The molecule has 0 saturated carbocycles. The number of halogens is 4. The van der Waals surface area contributed by atoms with E-state index in [-0.39, 0.29) is 11.1 Å². The normalized spacial score (nSPS) is 12.1. The van der Waals surface area contributed by atoms with Crippen molar-refractivity contribution in [1.29, 1.82) is 0 Å². The minimum atomic E-state index is -0.417. The van der Waals surface area contributed by atoms with E-state index < -0.39 is 5.82 Å². The Hall–Kier alpha value is -0.780. The molecule has 2 aromatic carbocycles. The van der Waals surface area contributed by atoms with Gasteiger partial charge in [0.25, 0.3) is 0 Å². The van der Waals surface area contributed by atoms with Crippen molar-refractivity contribution in [1.82, 2.24) is 0 Å². The maximum absolute atomic E-state index is 13.2. The molecule has 0 fully saturated rings. The highest BCUT2D eigenvalue weighted by Crippen LogP contribution is 2.36. The number of hydrogen-bond acceptors (Lipinski definition) is 2. The van der Waals surface area contributed by atoms with Crippen LogP contribution in [-0.4, -0.2) is 7.11 Å². The lowest BCUT2D eigenvalue weighted by Gasteiger charge is -2.18. The fourth-order valence-electron chi connectivity index (χ4n) is 1.89. The molecule has 0 spiro atoms. The summed E-state index contributed by atoms with van der Waals surface area (Å²) in [5.74, 6) is 0.309. The van der Waals surface area contributed by atoms with Crippen LogP contribution in [0.4, 0.5) is 10.1 Å². The molecule has 0 radical (unpaired) electrons. The molecule has 2 rings (SSSR count). The molecular weight excluding hydrogens is 424 g/mol. The minimum absolute atomic E-state index is 0.0368. The lowest BCUT2D eigenvalue weighted by Crippen LogP contribution is -2.07. The Bertz CT molecular complexity index is 666. The van der Waals surface area contributed by atoms with Gasteiger partial charge in [0, 0.05) is 16.6 Å².